The summed E-state index contributed by atoms with van der Waals surface area (Å²) in [6, 6.07) is 10.0. The average Bonchev–Trinajstić information content (AvgIpc) is 2.36. The van der Waals surface area contributed by atoms with Crippen molar-refractivity contribution in [2.24, 2.45) is 0 Å². The topological polar surface area (TPSA) is 41.6 Å². The number of ether oxygens (including phenoxy) is 1. The number of hydrogen-bond acceptors (Lipinski definition) is 3. The zero-order valence-corrected chi connectivity index (χ0v) is 10.1. The van der Waals surface area contributed by atoms with Crippen LogP contribution in [0.3, 0.4) is 0 Å². The molecular formula is C13H18N2O2. The standard InChI is InChI=1S/C13H18N2O2/c1-14-9-12-13(16)15(7-8-17-12)10-11-5-3-2-4-6-11/h2-6,12,14H,7-10H2,1H3. The van der Waals surface area contributed by atoms with E-state index in [1.807, 2.05) is 42.3 Å². The van der Waals surface area contributed by atoms with Crippen LogP contribution in [0.2, 0.25) is 0 Å². The molecule has 17 heavy (non-hydrogen) atoms. The first kappa shape index (κ1) is 12.1. The highest BCUT2D eigenvalue weighted by molar-refractivity contribution is 5.81. The molecule has 1 unspecified atom stereocenters. The van der Waals surface area contributed by atoms with E-state index in [9.17, 15) is 4.79 Å². The summed E-state index contributed by atoms with van der Waals surface area (Å²) < 4.78 is 5.44. The number of amides is 1. The van der Waals surface area contributed by atoms with Crippen LogP contribution < -0.4 is 5.32 Å². The molecule has 1 saturated heterocycles. The Kier molecular flexibility index (Phi) is 4.12. The summed E-state index contributed by atoms with van der Waals surface area (Å²) >= 11 is 0. The Morgan fingerprint density at radius 1 is 1.41 bits per heavy atom. The van der Waals surface area contributed by atoms with Gasteiger partial charge in [0, 0.05) is 19.6 Å². The molecule has 1 atom stereocenters. The lowest BCUT2D eigenvalue weighted by atomic mass is 10.2. The lowest BCUT2D eigenvalue weighted by Crippen LogP contribution is -2.50. The highest BCUT2D eigenvalue weighted by Gasteiger charge is 2.28. The quantitative estimate of drug-likeness (QED) is 0.831. The minimum atomic E-state index is -0.336. The summed E-state index contributed by atoms with van der Waals surface area (Å²) in [4.78, 5) is 13.9. The van der Waals surface area contributed by atoms with Gasteiger partial charge in [-0.3, -0.25) is 4.79 Å². The molecule has 0 spiro atoms. The maximum absolute atomic E-state index is 12.1. The molecule has 1 aliphatic rings. The monoisotopic (exact) mass is 234 g/mol. The first-order chi connectivity index (χ1) is 8.31. The van der Waals surface area contributed by atoms with Crippen LogP contribution in [0.15, 0.2) is 30.3 Å². The van der Waals surface area contributed by atoms with Crippen LogP contribution in [-0.4, -0.2) is 43.7 Å². The fourth-order valence-corrected chi connectivity index (χ4v) is 1.98. The number of nitrogens with zero attached hydrogens (tertiary/aromatic N) is 1. The predicted octanol–water partition coefficient (Wildman–Crippen LogP) is 0.633. The van der Waals surface area contributed by atoms with Crippen molar-refractivity contribution in [3.63, 3.8) is 0 Å². The lowest BCUT2D eigenvalue weighted by molar-refractivity contribution is -0.153. The summed E-state index contributed by atoms with van der Waals surface area (Å²) in [7, 11) is 1.83. The molecule has 1 aromatic carbocycles. The van der Waals surface area contributed by atoms with Crippen LogP contribution in [0.4, 0.5) is 0 Å². The van der Waals surface area contributed by atoms with Crippen molar-refractivity contribution in [3.8, 4) is 0 Å². The molecule has 1 fully saturated rings. The van der Waals surface area contributed by atoms with E-state index in [1.54, 1.807) is 0 Å². The van der Waals surface area contributed by atoms with E-state index < -0.39 is 0 Å². The number of morpholine rings is 1. The van der Waals surface area contributed by atoms with Gasteiger partial charge < -0.3 is 15.0 Å². The van der Waals surface area contributed by atoms with Crippen LogP contribution in [0.5, 0.6) is 0 Å². The summed E-state index contributed by atoms with van der Waals surface area (Å²) in [5.41, 5.74) is 1.16. The minimum absolute atomic E-state index is 0.0782. The van der Waals surface area contributed by atoms with Crippen LogP contribution in [0.1, 0.15) is 5.56 Å². The van der Waals surface area contributed by atoms with Gasteiger partial charge in [0.1, 0.15) is 6.10 Å². The van der Waals surface area contributed by atoms with Gasteiger partial charge in [0.15, 0.2) is 0 Å². The van der Waals surface area contributed by atoms with E-state index in [0.29, 0.717) is 26.2 Å². The summed E-state index contributed by atoms with van der Waals surface area (Å²) in [6.45, 7) is 2.53. The zero-order chi connectivity index (χ0) is 12.1. The molecule has 0 radical (unpaired) electrons. The zero-order valence-electron chi connectivity index (χ0n) is 10.1. The number of likely N-dealkylation sites (N-methyl/N-ethyl adjacent to an activating group) is 1. The molecule has 0 aromatic heterocycles. The SMILES string of the molecule is CNCC1OCCN(Cc2ccccc2)C1=O. The molecular weight excluding hydrogens is 216 g/mol. The normalized spacial score (nSPS) is 20.6. The number of carbonyl (C=O) groups is 1. The third-order valence-corrected chi connectivity index (χ3v) is 2.87. The first-order valence-electron chi connectivity index (χ1n) is 5.90. The van der Waals surface area contributed by atoms with Gasteiger partial charge in [0.05, 0.1) is 6.61 Å². The van der Waals surface area contributed by atoms with Crippen molar-refractivity contribution >= 4 is 5.91 Å². The Bertz CT molecular complexity index is 365. The molecule has 0 bridgehead atoms. The van der Waals surface area contributed by atoms with E-state index in [2.05, 4.69) is 5.32 Å². The van der Waals surface area contributed by atoms with Gasteiger partial charge >= 0.3 is 0 Å². The van der Waals surface area contributed by atoms with Crippen molar-refractivity contribution in [1.29, 1.82) is 0 Å². The Morgan fingerprint density at radius 2 is 2.18 bits per heavy atom. The molecule has 2 rings (SSSR count). The Balaban J connectivity index is 1.98. The van der Waals surface area contributed by atoms with Crippen molar-refractivity contribution in [2.75, 3.05) is 26.7 Å². The van der Waals surface area contributed by atoms with Crippen molar-refractivity contribution in [1.82, 2.24) is 10.2 Å². The Labute approximate surface area is 102 Å². The van der Waals surface area contributed by atoms with Crippen LogP contribution >= 0.6 is 0 Å². The van der Waals surface area contributed by atoms with Gasteiger partial charge in [-0.15, -0.1) is 0 Å². The van der Waals surface area contributed by atoms with Gasteiger partial charge in [-0.1, -0.05) is 30.3 Å². The van der Waals surface area contributed by atoms with Gasteiger partial charge in [-0.05, 0) is 12.6 Å². The van der Waals surface area contributed by atoms with Gasteiger partial charge in [-0.2, -0.15) is 0 Å². The van der Waals surface area contributed by atoms with Crippen LogP contribution in [0.25, 0.3) is 0 Å². The number of rotatable bonds is 4. The van der Waals surface area contributed by atoms with Gasteiger partial charge in [-0.25, -0.2) is 0 Å². The van der Waals surface area contributed by atoms with E-state index in [1.165, 1.54) is 0 Å². The van der Waals surface area contributed by atoms with E-state index >= 15 is 0 Å². The third-order valence-electron chi connectivity index (χ3n) is 2.87. The number of nitrogens with one attached hydrogen (secondary N) is 1. The molecule has 1 heterocycles. The van der Waals surface area contributed by atoms with E-state index in [4.69, 9.17) is 4.74 Å². The minimum Gasteiger partial charge on any atom is -0.365 e. The Morgan fingerprint density at radius 3 is 2.88 bits per heavy atom. The molecule has 1 amide bonds. The fourth-order valence-electron chi connectivity index (χ4n) is 1.98. The summed E-state index contributed by atoms with van der Waals surface area (Å²) in [5.74, 6) is 0.0782. The third kappa shape index (κ3) is 3.05. The van der Waals surface area contributed by atoms with E-state index in [-0.39, 0.29) is 12.0 Å². The second kappa shape index (κ2) is 5.80. The van der Waals surface area contributed by atoms with Crippen molar-refractivity contribution < 1.29 is 9.53 Å². The highest BCUT2D eigenvalue weighted by atomic mass is 16.5. The average molecular weight is 234 g/mol. The molecule has 1 aromatic rings. The lowest BCUT2D eigenvalue weighted by Gasteiger charge is -2.32. The molecule has 0 saturated carbocycles. The van der Waals surface area contributed by atoms with Crippen molar-refractivity contribution in [2.45, 2.75) is 12.6 Å². The Hall–Kier alpha value is -1.39. The smallest absolute Gasteiger partial charge is 0.253 e. The predicted molar refractivity (Wildman–Crippen MR) is 65.5 cm³/mol. The summed E-state index contributed by atoms with van der Waals surface area (Å²) in [6.07, 6.45) is -0.336. The largest absolute Gasteiger partial charge is 0.365 e. The molecule has 4 nitrogen and oxygen atoms in total. The molecule has 1 aliphatic heterocycles. The number of hydrogen-bond donors (Lipinski definition) is 1. The summed E-state index contributed by atoms with van der Waals surface area (Å²) in [5, 5.41) is 2.98. The van der Waals surface area contributed by atoms with Crippen molar-refractivity contribution in [3.05, 3.63) is 35.9 Å². The molecule has 92 valence electrons. The number of benzene rings is 1. The second-order valence-electron chi connectivity index (χ2n) is 4.16. The second-order valence-corrected chi connectivity index (χ2v) is 4.16. The van der Waals surface area contributed by atoms with Gasteiger partial charge in [0.25, 0.3) is 5.91 Å². The van der Waals surface area contributed by atoms with Gasteiger partial charge in [0.2, 0.25) is 0 Å². The molecule has 0 aliphatic carbocycles. The highest BCUT2D eigenvalue weighted by Crippen LogP contribution is 2.11. The molecule has 1 N–H and O–H groups in total. The maximum Gasteiger partial charge on any atom is 0.253 e. The maximum atomic E-state index is 12.1. The van der Waals surface area contributed by atoms with E-state index in [0.717, 1.165) is 5.56 Å². The molecule has 4 heteroatoms. The van der Waals surface area contributed by atoms with Crippen LogP contribution in [-0.2, 0) is 16.1 Å². The number of carbonyl (C=O) groups excluding carboxylic acids is 1. The fraction of sp³-hybridized carbons (Fsp3) is 0.462. The van der Waals surface area contributed by atoms with Crippen LogP contribution in [0, 0.1) is 0 Å². The first-order valence-corrected chi connectivity index (χ1v) is 5.90.